The third-order valence-corrected chi connectivity index (χ3v) is 3.43. The molecular weight excluding hydrogens is 252 g/mol. The second kappa shape index (κ2) is 7.53. The summed E-state index contributed by atoms with van der Waals surface area (Å²) in [4.78, 5) is 10.7. The minimum Gasteiger partial charge on any atom is -0.392 e. The molecule has 18 heavy (non-hydrogen) atoms. The van der Waals surface area contributed by atoms with Crippen LogP contribution in [0.25, 0.3) is 0 Å². The zero-order valence-electron chi connectivity index (χ0n) is 10.2. The minimum absolute atomic E-state index is 0.00369. The SMILES string of the molecule is CC(=O)SCCC(O)C(O)c1ccc(CO)cc1. The number of thioether (sulfide) groups is 1. The van der Waals surface area contributed by atoms with Gasteiger partial charge in [-0.3, -0.25) is 4.79 Å². The van der Waals surface area contributed by atoms with Gasteiger partial charge in [0.25, 0.3) is 0 Å². The van der Waals surface area contributed by atoms with E-state index in [-0.39, 0.29) is 11.7 Å². The van der Waals surface area contributed by atoms with E-state index >= 15 is 0 Å². The van der Waals surface area contributed by atoms with Gasteiger partial charge in [0.1, 0.15) is 6.10 Å². The summed E-state index contributed by atoms with van der Waals surface area (Å²) in [5.74, 6) is 0.488. The lowest BCUT2D eigenvalue weighted by Gasteiger charge is -2.18. The Bertz CT molecular complexity index is 377. The van der Waals surface area contributed by atoms with Crippen molar-refractivity contribution in [3.05, 3.63) is 35.4 Å². The van der Waals surface area contributed by atoms with Crippen molar-refractivity contribution in [3.63, 3.8) is 0 Å². The summed E-state index contributed by atoms with van der Waals surface area (Å²) in [5, 5.41) is 28.6. The monoisotopic (exact) mass is 270 g/mol. The lowest BCUT2D eigenvalue weighted by molar-refractivity contribution is -0.109. The van der Waals surface area contributed by atoms with Crippen LogP contribution in [0.15, 0.2) is 24.3 Å². The zero-order valence-corrected chi connectivity index (χ0v) is 11.1. The van der Waals surface area contributed by atoms with E-state index in [0.717, 1.165) is 17.3 Å². The van der Waals surface area contributed by atoms with Crippen LogP contribution in [-0.4, -0.2) is 32.3 Å². The van der Waals surface area contributed by atoms with Crippen LogP contribution >= 0.6 is 11.8 Å². The van der Waals surface area contributed by atoms with Crippen LogP contribution in [0.1, 0.15) is 30.6 Å². The molecule has 0 radical (unpaired) electrons. The van der Waals surface area contributed by atoms with E-state index in [0.29, 0.717) is 17.7 Å². The molecule has 1 aromatic rings. The fourth-order valence-electron chi connectivity index (χ4n) is 1.52. The third kappa shape index (κ3) is 4.78. The molecule has 2 unspecified atom stereocenters. The summed E-state index contributed by atoms with van der Waals surface area (Å²) in [6.07, 6.45) is -1.50. The number of aliphatic hydroxyl groups is 3. The smallest absolute Gasteiger partial charge is 0.185 e. The topological polar surface area (TPSA) is 77.8 Å². The quantitative estimate of drug-likeness (QED) is 0.725. The Morgan fingerprint density at radius 3 is 2.39 bits per heavy atom. The van der Waals surface area contributed by atoms with Gasteiger partial charge in [-0.1, -0.05) is 36.0 Å². The predicted molar refractivity (Wildman–Crippen MR) is 71.1 cm³/mol. The Hall–Kier alpha value is -0.880. The molecule has 1 aromatic carbocycles. The largest absolute Gasteiger partial charge is 0.392 e. The van der Waals surface area contributed by atoms with Crippen molar-refractivity contribution in [3.8, 4) is 0 Å². The van der Waals surface area contributed by atoms with E-state index in [4.69, 9.17) is 5.11 Å². The molecule has 0 saturated carbocycles. The van der Waals surface area contributed by atoms with Crippen LogP contribution < -0.4 is 0 Å². The Kier molecular flexibility index (Phi) is 6.35. The second-order valence-electron chi connectivity index (χ2n) is 4.04. The molecule has 0 amide bonds. The van der Waals surface area contributed by atoms with E-state index in [1.54, 1.807) is 24.3 Å². The van der Waals surface area contributed by atoms with Crippen LogP contribution in [0.2, 0.25) is 0 Å². The highest BCUT2D eigenvalue weighted by Crippen LogP contribution is 2.21. The standard InChI is InChI=1S/C13H18O4S/c1-9(15)18-7-6-12(16)13(17)11-4-2-10(8-14)3-5-11/h2-5,12-14,16-17H,6-8H2,1H3. The molecule has 0 bridgehead atoms. The lowest BCUT2D eigenvalue weighted by Crippen LogP contribution is -2.19. The molecule has 0 aliphatic carbocycles. The van der Waals surface area contributed by atoms with Crippen molar-refractivity contribution in [1.29, 1.82) is 0 Å². The van der Waals surface area contributed by atoms with Gasteiger partial charge in [-0.05, 0) is 17.5 Å². The van der Waals surface area contributed by atoms with Crippen molar-refractivity contribution in [1.82, 2.24) is 0 Å². The van der Waals surface area contributed by atoms with Gasteiger partial charge in [0.2, 0.25) is 0 Å². The molecule has 2 atom stereocenters. The van der Waals surface area contributed by atoms with Gasteiger partial charge in [-0.2, -0.15) is 0 Å². The van der Waals surface area contributed by atoms with Gasteiger partial charge in [-0.15, -0.1) is 0 Å². The van der Waals surface area contributed by atoms with Crippen LogP contribution in [0, 0.1) is 0 Å². The third-order valence-electron chi connectivity index (χ3n) is 2.59. The number of carbonyl (C=O) groups excluding carboxylic acids is 1. The van der Waals surface area contributed by atoms with E-state index in [1.165, 1.54) is 6.92 Å². The molecule has 0 fully saturated rings. The van der Waals surface area contributed by atoms with Crippen molar-refractivity contribution in [2.75, 3.05) is 5.75 Å². The highest BCUT2D eigenvalue weighted by Gasteiger charge is 2.18. The molecule has 0 aliphatic rings. The summed E-state index contributed by atoms with van der Waals surface area (Å²) in [6, 6.07) is 6.76. The fraction of sp³-hybridized carbons (Fsp3) is 0.462. The van der Waals surface area contributed by atoms with E-state index in [2.05, 4.69) is 0 Å². The number of benzene rings is 1. The van der Waals surface area contributed by atoms with Crippen molar-refractivity contribution in [2.45, 2.75) is 32.2 Å². The van der Waals surface area contributed by atoms with E-state index in [1.807, 2.05) is 0 Å². The van der Waals surface area contributed by atoms with Gasteiger partial charge in [0, 0.05) is 12.7 Å². The molecule has 5 heteroatoms. The van der Waals surface area contributed by atoms with E-state index < -0.39 is 12.2 Å². The Morgan fingerprint density at radius 2 is 1.89 bits per heavy atom. The maximum Gasteiger partial charge on any atom is 0.185 e. The Labute approximate surface area is 111 Å². The van der Waals surface area contributed by atoms with Crippen molar-refractivity contribution >= 4 is 16.9 Å². The first kappa shape index (κ1) is 15.2. The minimum atomic E-state index is -0.967. The van der Waals surface area contributed by atoms with E-state index in [9.17, 15) is 15.0 Å². The first-order chi connectivity index (χ1) is 8.54. The second-order valence-corrected chi connectivity index (χ2v) is 5.31. The van der Waals surface area contributed by atoms with Crippen LogP contribution in [0.5, 0.6) is 0 Å². The predicted octanol–water partition coefficient (Wildman–Crippen LogP) is 1.24. The molecule has 1 rings (SSSR count). The Balaban J connectivity index is 2.51. The average Bonchev–Trinajstić information content (AvgIpc) is 2.37. The van der Waals surface area contributed by atoms with Crippen LogP contribution in [0.3, 0.4) is 0 Å². The highest BCUT2D eigenvalue weighted by molar-refractivity contribution is 8.13. The fourth-order valence-corrected chi connectivity index (χ4v) is 2.17. The summed E-state index contributed by atoms with van der Waals surface area (Å²) < 4.78 is 0. The number of hydrogen-bond acceptors (Lipinski definition) is 5. The summed E-state index contributed by atoms with van der Waals surface area (Å²) in [5.41, 5.74) is 1.36. The molecule has 0 spiro atoms. The molecule has 0 aromatic heterocycles. The molecular formula is C13H18O4S. The zero-order chi connectivity index (χ0) is 13.5. The maximum atomic E-state index is 10.7. The first-order valence-corrected chi connectivity index (χ1v) is 6.72. The van der Waals surface area contributed by atoms with Crippen LogP contribution in [-0.2, 0) is 11.4 Å². The van der Waals surface area contributed by atoms with Crippen molar-refractivity contribution in [2.24, 2.45) is 0 Å². The first-order valence-electron chi connectivity index (χ1n) is 5.73. The van der Waals surface area contributed by atoms with Gasteiger partial charge in [-0.25, -0.2) is 0 Å². The number of hydrogen-bond donors (Lipinski definition) is 3. The number of rotatable bonds is 6. The lowest BCUT2D eigenvalue weighted by atomic mass is 10.0. The summed E-state index contributed by atoms with van der Waals surface area (Å²) >= 11 is 1.14. The van der Waals surface area contributed by atoms with Crippen molar-refractivity contribution < 1.29 is 20.1 Å². The normalized spacial score (nSPS) is 14.2. The maximum absolute atomic E-state index is 10.7. The number of aliphatic hydroxyl groups excluding tert-OH is 3. The molecule has 0 heterocycles. The summed E-state index contributed by atoms with van der Waals surface area (Å²) in [7, 11) is 0. The molecule has 3 N–H and O–H groups in total. The summed E-state index contributed by atoms with van der Waals surface area (Å²) in [6.45, 7) is 1.43. The molecule has 0 saturated heterocycles. The van der Waals surface area contributed by atoms with Gasteiger partial charge >= 0.3 is 0 Å². The highest BCUT2D eigenvalue weighted by atomic mass is 32.2. The molecule has 4 nitrogen and oxygen atoms in total. The van der Waals surface area contributed by atoms with Gasteiger partial charge < -0.3 is 15.3 Å². The average molecular weight is 270 g/mol. The molecule has 100 valence electrons. The Morgan fingerprint density at radius 1 is 1.28 bits per heavy atom. The van der Waals surface area contributed by atoms with Crippen LogP contribution in [0.4, 0.5) is 0 Å². The number of carbonyl (C=O) groups is 1. The van der Waals surface area contributed by atoms with Gasteiger partial charge in [0.05, 0.1) is 12.7 Å². The molecule has 0 aliphatic heterocycles. The van der Waals surface area contributed by atoms with Gasteiger partial charge in [0.15, 0.2) is 5.12 Å².